The van der Waals surface area contributed by atoms with Gasteiger partial charge in [0.25, 0.3) is 0 Å². The highest BCUT2D eigenvalue weighted by Gasteiger charge is 2.33. The molecule has 0 bridgehead atoms. The van der Waals surface area contributed by atoms with Gasteiger partial charge < -0.3 is 20.3 Å². The molecule has 0 radical (unpaired) electrons. The zero-order valence-electron chi connectivity index (χ0n) is 20.1. The zero-order valence-corrected chi connectivity index (χ0v) is 20.1. The zero-order chi connectivity index (χ0) is 24.9. The number of hydrogen-bond donors (Lipinski definition) is 1. The number of aryl methyl sites for hydroxylation is 1. The maximum absolute atomic E-state index is 13.3. The molecule has 186 valence electrons. The van der Waals surface area contributed by atoms with Crippen LogP contribution in [0.15, 0.2) is 42.5 Å². The van der Waals surface area contributed by atoms with Crippen molar-refractivity contribution >= 4 is 11.6 Å². The molecule has 1 fully saturated rings. The first kappa shape index (κ1) is 25.9. The lowest BCUT2D eigenvalue weighted by molar-refractivity contribution is -0.137. The van der Waals surface area contributed by atoms with Crippen LogP contribution in [-0.2, 0) is 17.4 Å². The van der Waals surface area contributed by atoms with E-state index in [2.05, 4.69) is 0 Å². The van der Waals surface area contributed by atoms with Crippen LogP contribution in [0.2, 0.25) is 0 Å². The van der Waals surface area contributed by atoms with Gasteiger partial charge >= 0.3 is 6.18 Å². The highest BCUT2D eigenvalue weighted by molar-refractivity contribution is 5.77. The molecule has 3 rings (SSSR count). The molecule has 0 aliphatic carbocycles. The SMILES string of the molecule is COc1cccc(CCC(=O)N2CCN(c3ccc(C(F)(F)F)cc3[C@@H](N)CC(C)C)CC2)c1. The van der Waals surface area contributed by atoms with E-state index >= 15 is 0 Å². The van der Waals surface area contributed by atoms with Gasteiger partial charge in [0, 0.05) is 44.3 Å². The van der Waals surface area contributed by atoms with E-state index in [0.29, 0.717) is 51.0 Å². The van der Waals surface area contributed by atoms with Crippen LogP contribution in [0.4, 0.5) is 18.9 Å². The molecule has 2 aromatic rings. The number of alkyl halides is 3. The van der Waals surface area contributed by atoms with E-state index in [9.17, 15) is 18.0 Å². The van der Waals surface area contributed by atoms with Gasteiger partial charge in [-0.2, -0.15) is 13.2 Å². The van der Waals surface area contributed by atoms with Crippen molar-refractivity contribution in [1.29, 1.82) is 0 Å². The molecule has 1 saturated heterocycles. The Morgan fingerprint density at radius 3 is 2.41 bits per heavy atom. The molecule has 5 nitrogen and oxygen atoms in total. The molecule has 2 N–H and O–H groups in total. The Hall–Kier alpha value is -2.74. The van der Waals surface area contributed by atoms with E-state index < -0.39 is 17.8 Å². The van der Waals surface area contributed by atoms with Gasteiger partial charge in [-0.1, -0.05) is 26.0 Å². The second-order valence-corrected chi connectivity index (χ2v) is 9.23. The van der Waals surface area contributed by atoms with E-state index in [-0.39, 0.29) is 11.8 Å². The number of piperazine rings is 1. The van der Waals surface area contributed by atoms with Crippen LogP contribution in [0.1, 0.15) is 49.4 Å². The summed E-state index contributed by atoms with van der Waals surface area (Å²) in [6, 6.07) is 11.0. The summed E-state index contributed by atoms with van der Waals surface area (Å²) in [4.78, 5) is 16.6. The van der Waals surface area contributed by atoms with Crippen molar-refractivity contribution in [3.63, 3.8) is 0 Å². The van der Waals surface area contributed by atoms with Crippen LogP contribution < -0.4 is 15.4 Å². The van der Waals surface area contributed by atoms with Gasteiger partial charge in [0.15, 0.2) is 0 Å². The summed E-state index contributed by atoms with van der Waals surface area (Å²) in [5.74, 6) is 1.10. The second-order valence-electron chi connectivity index (χ2n) is 9.23. The van der Waals surface area contributed by atoms with Gasteiger partial charge in [-0.15, -0.1) is 0 Å². The molecule has 0 spiro atoms. The molecular formula is C26H34F3N3O2. The van der Waals surface area contributed by atoms with Crippen LogP contribution in [0, 0.1) is 5.92 Å². The summed E-state index contributed by atoms with van der Waals surface area (Å²) in [6.45, 7) is 6.16. The third-order valence-corrected chi connectivity index (χ3v) is 6.21. The van der Waals surface area contributed by atoms with Crippen molar-refractivity contribution in [2.45, 2.75) is 45.3 Å². The minimum absolute atomic E-state index is 0.0756. The third kappa shape index (κ3) is 6.65. The number of nitrogens with zero attached hydrogens (tertiary/aromatic N) is 2. The fourth-order valence-electron chi connectivity index (χ4n) is 4.38. The first-order chi connectivity index (χ1) is 16.1. The second kappa shape index (κ2) is 11.1. The minimum atomic E-state index is -4.42. The third-order valence-electron chi connectivity index (χ3n) is 6.21. The number of halogens is 3. The number of hydrogen-bond acceptors (Lipinski definition) is 4. The van der Waals surface area contributed by atoms with E-state index in [1.807, 2.05) is 47.9 Å². The van der Waals surface area contributed by atoms with Crippen molar-refractivity contribution in [1.82, 2.24) is 4.90 Å². The van der Waals surface area contributed by atoms with Crippen molar-refractivity contribution < 1.29 is 22.7 Å². The van der Waals surface area contributed by atoms with Gasteiger partial charge in [0.05, 0.1) is 12.7 Å². The Labute approximate surface area is 199 Å². The summed E-state index contributed by atoms with van der Waals surface area (Å²) in [7, 11) is 1.61. The molecule has 1 amide bonds. The number of rotatable bonds is 8. The largest absolute Gasteiger partial charge is 0.497 e. The molecule has 1 aliphatic rings. The predicted octanol–water partition coefficient (Wildman–Crippen LogP) is 5.04. The summed E-state index contributed by atoms with van der Waals surface area (Å²) in [5.41, 5.74) is 7.94. The van der Waals surface area contributed by atoms with Crippen molar-refractivity contribution in [2.24, 2.45) is 11.7 Å². The number of methoxy groups -OCH3 is 1. The highest BCUT2D eigenvalue weighted by atomic mass is 19.4. The Balaban J connectivity index is 1.65. The smallest absolute Gasteiger partial charge is 0.416 e. The average Bonchev–Trinajstić information content (AvgIpc) is 2.81. The summed E-state index contributed by atoms with van der Waals surface area (Å²) < 4.78 is 45.3. The minimum Gasteiger partial charge on any atom is -0.497 e. The number of carbonyl (C=O) groups is 1. The topological polar surface area (TPSA) is 58.8 Å². The number of nitrogens with two attached hydrogens (primary N) is 1. The Kier molecular flexibility index (Phi) is 8.47. The summed E-state index contributed by atoms with van der Waals surface area (Å²) in [6.07, 6.45) is -2.79. The molecule has 8 heteroatoms. The average molecular weight is 478 g/mol. The molecular weight excluding hydrogens is 443 g/mol. The Bertz CT molecular complexity index is 970. The van der Waals surface area contributed by atoms with Crippen LogP contribution in [0.3, 0.4) is 0 Å². The molecule has 2 aromatic carbocycles. The van der Waals surface area contributed by atoms with Crippen LogP contribution in [-0.4, -0.2) is 44.1 Å². The van der Waals surface area contributed by atoms with Gasteiger partial charge in [-0.25, -0.2) is 0 Å². The standard InChI is InChI=1S/C26H34F3N3O2/c1-18(2)15-23(30)22-17-20(26(27,28)29)8-9-24(22)31-11-13-32(14-12-31)25(33)10-7-19-5-4-6-21(16-19)34-3/h4-6,8-9,16-18,23H,7,10-15,30H2,1-3H3/t23-/m0/s1. The number of ether oxygens (including phenoxy) is 1. The Morgan fingerprint density at radius 1 is 1.09 bits per heavy atom. The van der Waals surface area contributed by atoms with Crippen LogP contribution in [0.25, 0.3) is 0 Å². The monoisotopic (exact) mass is 477 g/mol. The summed E-state index contributed by atoms with van der Waals surface area (Å²) >= 11 is 0. The quantitative estimate of drug-likeness (QED) is 0.579. The van der Waals surface area contributed by atoms with Crippen molar-refractivity contribution in [2.75, 3.05) is 38.2 Å². The lowest BCUT2D eigenvalue weighted by Gasteiger charge is -2.38. The molecule has 1 aliphatic heterocycles. The van der Waals surface area contributed by atoms with Gasteiger partial charge in [-0.05, 0) is 60.2 Å². The molecule has 34 heavy (non-hydrogen) atoms. The molecule has 0 saturated carbocycles. The van der Waals surface area contributed by atoms with E-state index in [4.69, 9.17) is 10.5 Å². The van der Waals surface area contributed by atoms with Crippen molar-refractivity contribution in [3.05, 3.63) is 59.2 Å². The predicted molar refractivity (Wildman–Crippen MR) is 128 cm³/mol. The molecule has 1 atom stereocenters. The normalized spacial score (nSPS) is 15.5. The van der Waals surface area contributed by atoms with Gasteiger partial charge in [0.1, 0.15) is 5.75 Å². The van der Waals surface area contributed by atoms with Gasteiger partial charge in [-0.3, -0.25) is 4.79 Å². The Morgan fingerprint density at radius 2 is 1.79 bits per heavy atom. The number of anilines is 1. The molecule has 0 aromatic heterocycles. The molecule has 1 heterocycles. The number of amides is 1. The first-order valence-corrected chi connectivity index (χ1v) is 11.7. The van der Waals surface area contributed by atoms with Crippen LogP contribution >= 0.6 is 0 Å². The fraction of sp³-hybridized carbons (Fsp3) is 0.500. The molecule has 0 unspecified atom stereocenters. The number of carbonyl (C=O) groups excluding carboxylic acids is 1. The van der Waals surface area contributed by atoms with Crippen LogP contribution in [0.5, 0.6) is 5.75 Å². The van der Waals surface area contributed by atoms with Crippen molar-refractivity contribution in [3.8, 4) is 5.75 Å². The first-order valence-electron chi connectivity index (χ1n) is 11.7. The maximum Gasteiger partial charge on any atom is 0.416 e. The lowest BCUT2D eigenvalue weighted by atomic mass is 9.94. The maximum atomic E-state index is 13.3. The number of benzene rings is 2. The van der Waals surface area contributed by atoms with E-state index in [1.165, 1.54) is 12.1 Å². The van der Waals surface area contributed by atoms with E-state index in [1.54, 1.807) is 7.11 Å². The lowest BCUT2D eigenvalue weighted by Crippen LogP contribution is -2.49. The summed E-state index contributed by atoms with van der Waals surface area (Å²) in [5, 5.41) is 0. The fourth-order valence-corrected chi connectivity index (χ4v) is 4.38. The van der Waals surface area contributed by atoms with Gasteiger partial charge in [0.2, 0.25) is 5.91 Å². The highest BCUT2D eigenvalue weighted by Crippen LogP contribution is 2.36. The van der Waals surface area contributed by atoms with E-state index in [0.717, 1.165) is 23.1 Å².